The van der Waals surface area contributed by atoms with E-state index in [1.165, 1.54) is 0 Å². The number of fused-ring (bicyclic) bond motifs is 1. The van der Waals surface area contributed by atoms with Gasteiger partial charge in [-0.2, -0.15) is 15.3 Å². The Morgan fingerprint density at radius 2 is 2.16 bits per heavy atom. The van der Waals surface area contributed by atoms with Gasteiger partial charge in [0.2, 0.25) is 5.91 Å². The van der Waals surface area contributed by atoms with Crippen molar-refractivity contribution in [3.63, 3.8) is 0 Å². The van der Waals surface area contributed by atoms with E-state index in [-0.39, 0.29) is 30.2 Å². The lowest BCUT2D eigenvalue weighted by Crippen LogP contribution is -2.28. The van der Waals surface area contributed by atoms with Crippen LogP contribution in [0.5, 0.6) is 0 Å². The van der Waals surface area contributed by atoms with Crippen molar-refractivity contribution in [3.05, 3.63) is 23.7 Å². The molecule has 1 saturated heterocycles. The number of aromatic amines is 1. The van der Waals surface area contributed by atoms with Crippen molar-refractivity contribution in [1.29, 1.82) is 0 Å². The minimum Gasteiger partial charge on any atom is -0.315 e. The first kappa shape index (κ1) is 17.4. The molecule has 0 aromatic carbocycles. The molecule has 0 bridgehead atoms. The summed E-state index contributed by atoms with van der Waals surface area (Å²) in [6, 6.07) is 0. The van der Waals surface area contributed by atoms with Crippen LogP contribution in [0.3, 0.4) is 0 Å². The molecule has 0 aliphatic carbocycles. The summed E-state index contributed by atoms with van der Waals surface area (Å²) < 4.78 is 3.46. The van der Waals surface area contributed by atoms with Gasteiger partial charge in [0, 0.05) is 39.3 Å². The van der Waals surface area contributed by atoms with E-state index in [0.717, 1.165) is 28.8 Å². The van der Waals surface area contributed by atoms with Crippen molar-refractivity contribution < 1.29 is 4.79 Å². The molecule has 10 heteroatoms. The van der Waals surface area contributed by atoms with Gasteiger partial charge in [0.25, 0.3) is 0 Å². The molecular weight excluding hydrogens is 344 g/mol. The number of rotatable bonds is 3. The average Bonchev–Trinajstić information content (AvgIpc) is 3.27. The van der Waals surface area contributed by atoms with Gasteiger partial charge in [0.1, 0.15) is 5.82 Å². The van der Waals surface area contributed by atoms with Crippen LogP contribution in [0.1, 0.15) is 17.2 Å². The van der Waals surface area contributed by atoms with E-state index in [1.54, 1.807) is 9.36 Å². The Labute approximate surface area is 150 Å². The van der Waals surface area contributed by atoms with Crippen molar-refractivity contribution in [2.24, 2.45) is 20.0 Å². The summed E-state index contributed by atoms with van der Waals surface area (Å²) in [6.07, 6.45) is 3.80. The van der Waals surface area contributed by atoms with Crippen LogP contribution in [0.25, 0.3) is 11.0 Å². The number of carbonyl (C=O) groups is 1. The molecule has 0 spiro atoms. The summed E-state index contributed by atoms with van der Waals surface area (Å²) in [5.41, 5.74) is 2.65. The molecule has 0 saturated carbocycles. The van der Waals surface area contributed by atoms with Gasteiger partial charge in [-0.3, -0.25) is 14.6 Å². The van der Waals surface area contributed by atoms with Gasteiger partial charge in [-0.15, -0.1) is 12.4 Å². The zero-order chi connectivity index (χ0) is 16.8. The van der Waals surface area contributed by atoms with Gasteiger partial charge in [0.05, 0.1) is 23.2 Å². The third-order valence-corrected chi connectivity index (χ3v) is 4.67. The van der Waals surface area contributed by atoms with Crippen molar-refractivity contribution in [2.75, 3.05) is 18.4 Å². The molecule has 9 nitrogen and oxygen atoms in total. The maximum Gasteiger partial charge on any atom is 0.230 e. The van der Waals surface area contributed by atoms with Gasteiger partial charge in [0.15, 0.2) is 5.65 Å². The van der Waals surface area contributed by atoms with Crippen LogP contribution in [0, 0.1) is 12.8 Å². The second kappa shape index (κ2) is 6.49. The largest absolute Gasteiger partial charge is 0.315 e. The SMILES string of the molecule is Cc1nn(C)c2n[nH]c(NC(=O)[C@H]3CNC[C@@H]3c3cnn(C)c3)c12.Cl. The summed E-state index contributed by atoms with van der Waals surface area (Å²) in [5.74, 6) is 0.553. The molecule has 1 aliphatic heterocycles. The molecule has 4 rings (SSSR count). The summed E-state index contributed by atoms with van der Waals surface area (Å²) in [7, 11) is 3.72. The van der Waals surface area contributed by atoms with Crippen LogP contribution in [0.4, 0.5) is 5.82 Å². The quantitative estimate of drug-likeness (QED) is 0.634. The molecule has 4 heterocycles. The van der Waals surface area contributed by atoms with E-state index in [2.05, 4.69) is 31.0 Å². The molecular formula is C15H21ClN8O. The Balaban J connectivity index is 0.00000182. The number of carbonyl (C=O) groups excluding carboxylic acids is 1. The molecule has 3 N–H and O–H groups in total. The smallest absolute Gasteiger partial charge is 0.230 e. The first-order chi connectivity index (χ1) is 11.5. The monoisotopic (exact) mass is 364 g/mol. The lowest BCUT2D eigenvalue weighted by atomic mass is 9.90. The molecule has 3 aromatic heterocycles. The van der Waals surface area contributed by atoms with Crippen LogP contribution in [-0.2, 0) is 18.9 Å². The maximum atomic E-state index is 12.8. The van der Waals surface area contributed by atoms with E-state index in [1.807, 2.05) is 33.4 Å². The van der Waals surface area contributed by atoms with Gasteiger partial charge >= 0.3 is 0 Å². The fourth-order valence-electron chi connectivity index (χ4n) is 3.47. The Morgan fingerprint density at radius 3 is 2.88 bits per heavy atom. The number of aromatic nitrogens is 6. The maximum absolute atomic E-state index is 12.8. The van der Waals surface area contributed by atoms with Gasteiger partial charge in [-0.05, 0) is 12.5 Å². The van der Waals surface area contributed by atoms with E-state index >= 15 is 0 Å². The predicted octanol–water partition coefficient (Wildman–Crippen LogP) is 0.702. The fourth-order valence-corrected chi connectivity index (χ4v) is 3.47. The first-order valence-corrected chi connectivity index (χ1v) is 7.92. The highest BCUT2D eigenvalue weighted by Gasteiger charge is 2.35. The number of amides is 1. The minimum absolute atomic E-state index is 0. The molecule has 3 aromatic rings. The lowest BCUT2D eigenvalue weighted by Gasteiger charge is -2.16. The molecule has 1 fully saturated rings. The molecule has 134 valence electrons. The molecule has 0 radical (unpaired) electrons. The lowest BCUT2D eigenvalue weighted by molar-refractivity contribution is -0.119. The number of anilines is 1. The number of nitrogens with zero attached hydrogens (tertiary/aromatic N) is 5. The zero-order valence-electron chi connectivity index (χ0n) is 14.3. The van der Waals surface area contributed by atoms with E-state index in [0.29, 0.717) is 12.4 Å². The van der Waals surface area contributed by atoms with E-state index in [4.69, 9.17) is 0 Å². The highest BCUT2D eigenvalue weighted by molar-refractivity contribution is 6.01. The van der Waals surface area contributed by atoms with Crippen molar-refractivity contribution in [1.82, 2.24) is 35.1 Å². The standard InChI is InChI=1S/C15H20N8O.ClH/c1-8-12-13(19-20-14(12)23(3)21-8)18-15(24)11-6-16-5-10(11)9-4-17-22(2)7-9;/h4,7,10-11,16H,5-6H2,1-3H3,(H2,18,19,20,24);1H/t10-,11+;/m1./s1. The second-order valence-corrected chi connectivity index (χ2v) is 6.31. The second-order valence-electron chi connectivity index (χ2n) is 6.31. The number of hydrogen-bond acceptors (Lipinski definition) is 5. The molecule has 1 amide bonds. The minimum atomic E-state index is -0.149. The summed E-state index contributed by atoms with van der Waals surface area (Å²) >= 11 is 0. The molecule has 2 atom stereocenters. The average molecular weight is 365 g/mol. The Morgan fingerprint density at radius 1 is 1.36 bits per heavy atom. The Bertz CT molecular complexity index is 910. The van der Waals surface area contributed by atoms with Crippen molar-refractivity contribution in [2.45, 2.75) is 12.8 Å². The highest BCUT2D eigenvalue weighted by atomic mass is 35.5. The molecule has 1 aliphatic rings. The topological polar surface area (TPSA) is 105 Å². The fraction of sp³-hybridized carbons (Fsp3) is 0.467. The third kappa shape index (κ3) is 2.89. The van der Waals surface area contributed by atoms with Crippen LogP contribution in [-0.4, -0.2) is 48.8 Å². The van der Waals surface area contributed by atoms with Crippen molar-refractivity contribution in [3.8, 4) is 0 Å². The number of nitrogens with one attached hydrogen (secondary N) is 3. The Hall–Kier alpha value is -2.39. The van der Waals surface area contributed by atoms with Crippen LogP contribution >= 0.6 is 12.4 Å². The summed E-state index contributed by atoms with van der Waals surface area (Å²) in [4.78, 5) is 12.8. The van der Waals surface area contributed by atoms with Crippen molar-refractivity contribution >= 4 is 35.2 Å². The number of H-pyrrole nitrogens is 1. The zero-order valence-corrected chi connectivity index (χ0v) is 15.1. The van der Waals surface area contributed by atoms with Crippen LogP contribution in [0.15, 0.2) is 12.4 Å². The Kier molecular flexibility index (Phi) is 4.53. The highest BCUT2D eigenvalue weighted by Crippen LogP contribution is 2.30. The predicted molar refractivity (Wildman–Crippen MR) is 95.8 cm³/mol. The van der Waals surface area contributed by atoms with Crippen LogP contribution < -0.4 is 10.6 Å². The van der Waals surface area contributed by atoms with E-state index < -0.39 is 0 Å². The van der Waals surface area contributed by atoms with Gasteiger partial charge < -0.3 is 10.6 Å². The van der Waals surface area contributed by atoms with Gasteiger partial charge in [-0.25, -0.2) is 4.68 Å². The molecule has 0 unspecified atom stereocenters. The first-order valence-electron chi connectivity index (χ1n) is 7.92. The van der Waals surface area contributed by atoms with E-state index in [9.17, 15) is 4.79 Å². The molecule has 25 heavy (non-hydrogen) atoms. The third-order valence-electron chi connectivity index (χ3n) is 4.67. The number of aryl methyl sites for hydroxylation is 3. The summed E-state index contributed by atoms with van der Waals surface area (Å²) in [6.45, 7) is 3.33. The number of hydrogen-bond donors (Lipinski definition) is 3. The normalized spacial score (nSPS) is 20.0. The number of halogens is 1. The van der Waals surface area contributed by atoms with Gasteiger partial charge in [-0.1, -0.05) is 0 Å². The van der Waals surface area contributed by atoms with Crippen LogP contribution in [0.2, 0.25) is 0 Å². The summed E-state index contributed by atoms with van der Waals surface area (Å²) in [5, 5.41) is 22.8.